The van der Waals surface area contributed by atoms with Crippen LogP contribution in [0.15, 0.2) is 5.16 Å². The average Bonchev–Trinajstić information content (AvgIpc) is 1.64. The topological polar surface area (TPSA) is 32.6 Å². The largest absolute Gasteiger partial charge is 0.411 e. The second kappa shape index (κ2) is 3.37. The lowest BCUT2D eigenvalue weighted by Gasteiger charge is -2.04. The van der Waals surface area contributed by atoms with Crippen LogP contribution in [-0.4, -0.2) is 17.3 Å². The highest BCUT2D eigenvalue weighted by molar-refractivity contribution is 5.88. The third-order valence-electron chi connectivity index (χ3n) is 0.931. The summed E-state index contributed by atoms with van der Waals surface area (Å²) in [6, 6.07) is 0. The number of rotatable bonds is 2. The Labute approximate surface area is 52.2 Å². The van der Waals surface area contributed by atoms with Crippen LogP contribution in [0.3, 0.4) is 0 Å². The van der Waals surface area contributed by atoms with E-state index in [9.17, 15) is 8.78 Å². The Hall–Kier alpha value is -0.670. The van der Waals surface area contributed by atoms with E-state index in [1.165, 1.54) is 0 Å². The van der Waals surface area contributed by atoms with Gasteiger partial charge in [-0.1, -0.05) is 19.0 Å². The van der Waals surface area contributed by atoms with E-state index in [-0.39, 0.29) is 0 Å². The van der Waals surface area contributed by atoms with Gasteiger partial charge in [0.25, 0.3) is 6.43 Å². The molecule has 9 heavy (non-hydrogen) atoms. The highest BCUT2D eigenvalue weighted by Gasteiger charge is 2.16. The smallest absolute Gasteiger partial charge is 0.280 e. The molecule has 0 aliphatic heterocycles. The summed E-state index contributed by atoms with van der Waals surface area (Å²) in [4.78, 5) is 0. The third-order valence-corrected chi connectivity index (χ3v) is 0.931. The summed E-state index contributed by atoms with van der Waals surface area (Å²) in [5, 5.41) is 10.4. The van der Waals surface area contributed by atoms with E-state index in [0.717, 1.165) is 0 Å². The Morgan fingerprint density at radius 2 is 1.89 bits per heavy atom. The van der Waals surface area contributed by atoms with Crippen molar-refractivity contribution in [3.63, 3.8) is 0 Å². The van der Waals surface area contributed by atoms with Crippen molar-refractivity contribution >= 4 is 5.71 Å². The molecule has 2 nitrogen and oxygen atoms in total. The summed E-state index contributed by atoms with van der Waals surface area (Å²) in [5.41, 5.74) is -0.463. The maximum absolute atomic E-state index is 11.7. The van der Waals surface area contributed by atoms with Gasteiger partial charge >= 0.3 is 0 Å². The van der Waals surface area contributed by atoms with Crippen LogP contribution in [0.5, 0.6) is 0 Å². The summed E-state index contributed by atoms with van der Waals surface area (Å²) in [5.74, 6) is -0.394. The van der Waals surface area contributed by atoms with Gasteiger partial charge in [-0.15, -0.1) is 0 Å². The highest BCUT2D eigenvalue weighted by atomic mass is 19.3. The van der Waals surface area contributed by atoms with Crippen LogP contribution in [0.1, 0.15) is 13.8 Å². The van der Waals surface area contributed by atoms with Gasteiger partial charge in [0, 0.05) is 5.92 Å². The molecule has 0 radical (unpaired) electrons. The van der Waals surface area contributed by atoms with Gasteiger partial charge in [-0.2, -0.15) is 0 Å². The molecule has 0 aliphatic carbocycles. The highest BCUT2D eigenvalue weighted by Crippen LogP contribution is 2.05. The molecule has 0 amide bonds. The second-order valence-electron chi connectivity index (χ2n) is 1.98. The molecule has 0 rings (SSSR count). The van der Waals surface area contributed by atoms with E-state index in [1.807, 2.05) is 0 Å². The second-order valence-corrected chi connectivity index (χ2v) is 1.98. The van der Waals surface area contributed by atoms with Gasteiger partial charge in [0.2, 0.25) is 0 Å². The molecular formula is C5H9F2NO. The normalized spacial score (nSPS) is 13.3. The molecule has 0 bridgehead atoms. The van der Waals surface area contributed by atoms with E-state index in [2.05, 4.69) is 5.16 Å². The molecule has 0 aliphatic rings. The van der Waals surface area contributed by atoms with Crippen molar-refractivity contribution in [2.75, 3.05) is 0 Å². The van der Waals surface area contributed by atoms with Crippen molar-refractivity contribution in [3.8, 4) is 0 Å². The Morgan fingerprint density at radius 1 is 1.44 bits per heavy atom. The number of hydrogen-bond donors (Lipinski definition) is 1. The molecule has 0 unspecified atom stereocenters. The lowest BCUT2D eigenvalue weighted by Crippen LogP contribution is -2.16. The molecule has 1 N–H and O–H groups in total. The van der Waals surface area contributed by atoms with Crippen molar-refractivity contribution in [1.29, 1.82) is 0 Å². The van der Waals surface area contributed by atoms with Crippen LogP contribution >= 0.6 is 0 Å². The van der Waals surface area contributed by atoms with Crippen molar-refractivity contribution in [2.45, 2.75) is 20.3 Å². The monoisotopic (exact) mass is 137 g/mol. The Morgan fingerprint density at radius 3 is 1.89 bits per heavy atom. The van der Waals surface area contributed by atoms with E-state index in [4.69, 9.17) is 5.21 Å². The van der Waals surface area contributed by atoms with Gasteiger partial charge < -0.3 is 5.21 Å². The van der Waals surface area contributed by atoms with Crippen molar-refractivity contribution in [2.24, 2.45) is 11.1 Å². The molecule has 0 spiro atoms. The minimum Gasteiger partial charge on any atom is -0.411 e. The van der Waals surface area contributed by atoms with Gasteiger partial charge in [-0.25, -0.2) is 8.78 Å². The SMILES string of the molecule is CC(C)C(=NO)C(F)F. The number of alkyl halides is 2. The van der Waals surface area contributed by atoms with Crippen LogP contribution in [0, 0.1) is 5.92 Å². The fourth-order valence-corrected chi connectivity index (χ4v) is 0.411. The minimum atomic E-state index is -2.64. The maximum Gasteiger partial charge on any atom is 0.280 e. The van der Waals surface area contributed by atoms with Gasteiger partial charge in [0.1, 0.15) is 5.71 Å². The molecular weight excluding hydrogens is 128 g/mol. The first-order valence-corrected chi connectivity index (χ1v) is 2.59. The lowest BCUT2D eigenvalue weighted by molar-refractivity contribution is 0.207. The Bertz CT molecular complexity index is 102. The molecule has 0 saturated carbocycles. The first-order chi connectivity index (χ1) is 4.09. The summed E-state index contributed by atoms with van der Waals surface area (Å²) in [7, 11) is 0. The Kier molecular flexibility index (Phi) is 3.12. The van der Waals surface area contributed by atoms with Crippen molar-refractivity contribution in [1.82, 2.24) is 0 Å². The third kappa shape index (κ3) is 2.39. The quantitative estimate of drug-likeness (QED) is 0.351. The molecule has 0 fully saturated rings. The van der Waals surface area contributed by atoms with E-state index >= 15 is 0 Å². The predicted molar refractivity (Wildman–Crippen MR) is 30.1 cm³/mol. The summed E-state index contributed by atoms with van der Waals surface area (Å²) >= 11 is 0. The van der Waals surface area contributed by atoms with Crippen LogP contribution in [0.2, 0.25) is 0 Å². The van der Waals surface area contributed by atoms with Gasteiger partial charge in [-0.3, -0.25) is 0 Å². The lowest BCUT2D eigenvalue weighted by atomic mass is 10.1. The zero-order chi connectivity index (χ0) is 7.44. The van der Waals surface area contributed by atoms with Crippen LogP contribution < -0.4 is 0 Å². The van der Waals surface area contributed by atoms with E-state index < -0.39 is 18.1 Å². The van der Waals surface area contributed by atoms with Crippen molar-refractivity contribution in [3.05, 3.63) is 0 Å². The first-order valence-electron chi connectivity index (χ1n) is 2.59. The number of hydrogen-bond acceptors (Lipinski definition) is 2. The zero-order valence-corrected chi connectivity index (χ0v) is 5.31. The number of halogens is 2. The van der Waals surface area contributed by atoms with Crippen LogP contribution in [0.4, 0.5) is 8.78 Å². The molecule has 54 valence electrons. The Balaban J connectivity index is 4.01. The number of nitrogens with zero attached hydrogens (tertiary/aromatic N) is 1. The fourth-order valence-electron chi connectivity index (χ4n) is 0.411. The average molecular weight is 137 g/mol. The summed E-state index contributed by atoms with van der Waals surface area (Å²) < 4.78 is 23.3. The predicted octanol–water partition coefficient (Wildman–Crippen LogP) is 1.74. The maximum atomic E-state index is 11.7. The number of oxime groups is 1. The zero-order valence-electron chi connectivity index (χ0n) is 5.31. The molecule has 0 atom stereocenters. The van der Waals surface area contributed by atoms with Gasteiger partial charge in [0.15, 0.2) is 0 Å². The fraction of sp³-hybridized carbons (Fsp3) is 0.800. The van der Waals surface area contributed by atoms with Gasteiger partial charge in [-0.05, 0) is 0 Å². The first kappa shape index (κ1) is 8.33. The molecule has 0 saturated heterocycles. The molecule has 0 aromatic rings. The molecule has 0 aromatic carbocycles. The summed E-state index contributed by atoms with van der Waals surface area (Å²) in [6.07, 6.45) is -2.64. The summed E-state index contributed by atoms with van der Waals surface area (Å²) in [6.45, 7) is 3.09. The van der Waals surface area contributed by atoms with Crippen molar-refractivity contribution < 1.29 is 14.0 Å². The van der Waals surface area contributed by atoms with Crippen LogP contribution in [-0.2, 0) is 0 Å². The van der Waals surface area contributed by atoms with Crippen LogP contribution in [0.25, 0.3) is 0 Å². The van der Waals surface area contributed by atoms with E-state index in [0.29, 0.717) is 0 Å². The molecule has 0 heterocycles. The molecule has 4 heteroatoms. The minimum absolute atomic E-state index is 0.394. The van der Waals surface area contributed by atoms with E-state index in [1.54, 1.807) is 13.8 Å². The standard InChI is InChI=1S/C5H9F2NO/c1-3(2)4(8-9)5(6)7/h3,5,9H,1-2H3. The van der Waals surface area contributed by atoms with Gasteiger partial charge in [0.05, 0.1) is 0 Å². The molecule has 0 aromatic heterocycles.